The highest BCUT2D eigenvalue weighted by Gasteiger charge is 2.33. The number of H-pyrrole nitrogens is 1. The Hall–Kier alpha value is -4.54. The lowest BCUT2D eigenvalue weighted by Gasteiger charge is -2.13. The summed E-state index contributed by atoms with van der Waals surface area (Å²) in [5, 5.41) is 11.6. The van der Waals surface area contributed by atoms with Crippen molar-refractivity contribution < 1.29 is 62.5 Å². The predicted octanol–water partition coefficient (Wildman–Crippen LogP) is 13.9. The maximum Gasteiger partial charge on any atom is 0.406 e. The first-order valence-electron chi connectivity index (χ1n) is 22.4. The number of pyridine rings is 2. The number of aromatic nitrogens is 8. The van der Waals surface area contributed by atoms with Crippen LogP contribution in [0, 0.1) is 0 Å². The van der Waals surface area contributed by atoms with Gasteiger partial charge in [0.2, 0.25) is 0 Å². The highest BCUT2D eigenvalue weighted by molar-refractivity contribution is 7.92. The fourth-order valence-corrected chi connectivity index (χ4v) is 8.93. The number of hydrogen-bond acceptors (Lipinski definition) is 6. The van der Waals surface area contributed by atoms with Gasteiger partial charge in [-0.3, -0.25) is 23.7 Å². The van der Waals surface area contributed by atoms with Crippen molar-refractivity contribution in [1.29, 1.82) is 0 Å². The van der Waals surface area contributed by atoms with Gasteiger partial charge in [0, 0.05) is 94.8 Å². The fourth-order valence-electron chi connectivity index (χ4n) is 8.05. The number of aromatic amines is 1. The van der Waals surface area contributed by atoms with E-state index >= 15 is 0 Å². The van der Waals surface area contributed by atoms with Crippen molar-refractivity contribution in [2.24, 2.45) is 0 Å². The van der Waals surface area contributed by atoms with Crippen LogP contribution in [0.1, 0.15) is 49.9 Å². The molecule has 0 spiro atoms. The van der Waals surface area contributed by atoms with Gasteiger partial charge < -0.3 is 24.0 Å². The van der Waals surface area contributed by atoms with E-state index in [1.54, 1.807) is 57.7 Å². The zero-order chi connectivity index (χ0) is 56.3. The Kier molecular flexibility index (Phi) is 22.0. The first kappa shape index (κ1) is 62.3. The molecule has 9 rings (SSSR count). The zero-order valence-electron chi connectivity index (χ0n) is 39.3. The number of halogens is 16. The van der Waals surface area contributed by atoms with Crippen molar-refractivity contribution in [2.45, 2.75) is 103 Å². The molecule has 2 atom stereocenters. The molecule has 1 aliphatic rings. The monoisotopic (exact) mass is 1200 g/mol. The summed E-state index contributed by atoms with van der Waals surface area (Å²) < 4.78 is 161. The van der Waals surface area contributed by atoms with Gasteiger partial charge in [-0.15, -0.1) is 17.9 Å². The average molecular weight is 1210 g/mol. The minimum absolute atomic E-state index is 0.0000926. The van der Waals surface area contributed by atoms with Crippen LogP contribution in [0.4, 0.5) is 52.7 Å². The number of imidazole rings is 2. The van der Waals surface area contributed by atoms with Crippen LogP contribution >= 0.6 is 64.3 Å². The second-order valence-electron chi connectivity index (χ2n) is 16.6. The van der Waals surface area contributed by atoms with Gasteiger partial charge in [0.05, 0.1) is 57.7 Å². The van der Waals surface area contributed by atoms with Crippen LogP contribution in [0.25, 0.3) is 43.9 Å². The summed E-state index contributed by atoms with van der Waals surface area (Å²) in [4.78, 5) is 34.1. The van der Waals surface area contributed by atoms with E-state index in [9.17, 15) is 67.4 Å². The number of aliphatic hydroxyl groups excluding tert-OH is 1. The highest BCUT2D eigenvalue weighted by atomic mass is 35.5. The molecule has 6 aromatic heterocycles. The smallest absolute Gasteiger partial charge is 0.390 e. The molecule has 2 aromatic carbocycles. The average Bonchev–Trinajstić information content (AvgIpc) is 4.17. The van der Waals surface area contributed by atoms with Crippen molar-refractivity contribution in [3.8, 4) is 0 Å². The van der Waals surface area contributed by atoms with Gasteiger partial charge in [-0.2, -0.15) is 52.7 Å². The van der Waals surface area contributed by atoms with Crippen molar-refractivity contribution in [3.63, 3.8) is 0 Å². The molecule has 12 nitrogen and oxygen atoms in total. The number of nitrogens with one attached hydrogen (secondary N) is 1. The molecule has 0 amide bonds. The minimum atomic E-state index is -4.68. The first-order valence-corrected chi connectivity index (χ1v) is 26.6. The van der Waals surface area contributed by atoms with Crippen LogP contribution in [0.5, 0.6) is 0 Å². The van der Waals surface area contributed by atoms with Gasteiger partial charge in [0.15, 0.2) is 0 Å². The Bertz CT molecular complexity index is 3320. The van der Waals surface area contributed by atoms with Crippen molar-refractivity contribution in [1.82, 2.24) is 37.8 Å². The number of aryl methyl sites for hydroxylation is 2. The van der Waals surface area contributed by atoms with E-state index in [0.29, 0.717) is 41.5 Å². The molecular formula is C46H46Cl4F12N8O4P2. The number of hydrogen-bond donors (Lipinski definition) is 2. The van der Waals surface area contributed by atoms with E-state index in [1.807, 2.05) is 0 Å². The predicted molar refractivity (Wildman–Crippen MR) is 275 cm³/mol. The molecule has 416 valence electrons. The third kappa shape index (κ3) is 17.5. The summed E-state index contributed by atoms with van der Waals surface area (Å²) >= 11 is 23.7. The summed E-state index contributed by atoms with van der Waals surface area (Å²) in [5.74, 6) is 0. The van der Waals surface area contributed by atoms with E-state index in [-0.39, 0.29) is 71.2 Å². The lowest BCUT2D eigenvalue weighted by atomic mass is 10.2. The summed E-state index contributed by atoms with van der Waals surface area (Å²) in [6.07, 6.45) is -12.4. The Morgan fingerprint density at radius 1 is 0.579 bits per heavy atom. The molecule has 0 aliphatic carbocycles. The van der Waals surface area contributed by atoms with Crippen LogP contribution in [-0.4, -0.2) is 80.8 Å². The fraction of sp³-hybridized carbons (Fsp3) is 0.391. The SMILES string of the molecule is C1CCOC1.O=c1[nH]c2cncc(Cl)c2n1CC(F)(F)F.O=c1n(Cc2cc3cc(Cl)ccc3n2CCCC(F)(F)F)c2cncc(Cl)c2n1CC(F)(F)F.OCc1cc2cc(Cl)ccc2n1CCCC(F)(F)F.PP. The van der Waals surface area contributed by atoms with Crippen molar-refractivity contribution >= 4 is 108 Å². The molecule has 76 heavy (non-hydrogen) atoms. The minimum Gasteiger partial charge on any atom is -0.390 e. The standard InChI is InChI=1S/C21H16Cl2F6N4O.C13H13ClF3NO.C8H5ClF3N3O.C4H8O.H4P2/c22-13-2-3-16-12(6-13)7-14(31(16)5-1-4-20(24,25)26)10-32-17-9-30-8-15(23)18(17)33(19(32)34)11-21(27,28)29;14-10-2-3-12-9(6-10)7-11(8-19)18(12)5-1-4-13(15,16)17;9-4-1-13-2-5-6(4)15(7(16)14-5)3-8(10,11)12;1-2-4-5-3-1;1-2/h2-3,6-9H,1,4-5,10-11H2;2-3,6-7,19H,1,4-5,8H2;1-2H,3H2,(H,14,16);1-4H2;1-2H2. The zero-order valence-corrected chi connectivity index (χ0v) is 44.7. The molecule has 0 saturated carbocycles. The summed E-state index contributed by atoms with van der Waals surface area (Å²) in [6.45, 7) is -1.15. The molecular weight excluding hydrogens is 1160 g/mol. The summed E-state index contributed by atoms with van der Waals surface area (Å²) in [6, 6.07) is 13.4. The van der Waals surface area contributed by atoms with E-state index in [1.165, 1.54) is 31.4 Å². The normalized spacial score (nSPS) is 13.0. The maximum atomic E-state index is 13.2. The second-order valence-corrected chi connectivity index (χ2v) is 18.3. The van der Waals surface area contributed by atoms with E-state index in [2.05, 4.69) is 32.8 Å². The molecule has 1 fully saturated rings. The van der Waals surface area contributed by atoms with E-state index in [4.69, 9.17) is 51.1 Å². The highest BCUT2D eigenvalue weighted by Crippen LogP contribution is 2.31. The first-order chi connectivity index (χ1) is 35.6. The second kappa shape index (κ2) is 26.9. The Balaban J connectivity index is 0.000000213. The third-order valence-electron chi connectivity index (χ3n) is 11.1. The van der Waals surface area contributed by atoms with Crippen LogP contribution in [0.3, 0.4) is 0 Å². The van der Waals surface area contributed by atoms with Crippen LogP contribution in [0.2, 0.25) is 20.1 Å². The topological polar surface area (TPSA) is 130 Å². The Morgan fingerprint density at radius 3 is 1.53 bits per heavy atom. The molecule has 1 aliphatic heterocycles. The van der Waals surface area contributed by atoms with Crippen LogP contribution < -0.4 is 11.4 Å². The molecule has 0 bridgehead atoms. The van der Waals surface area contributed by atoms with E-state index in [0.717, 1.165) is 34.9 Å². The molecule has 30 heteroatoms. The van der Waals surface area contributed by atoms with Gasteiger partial charge in [0.25, 0.3) is 0 Å². The van der Waals surface area contributed by atoms with Gasteiger partial charge in [-0.1, -0.05) is 46.4 Å². The number of aliphatic hydroxyl groups is 1. The molecule has 0 radical (unpaired) electrons. The third-order valence-corrected chi connectivity index (χ3v) is 12.1. The molecule has 2 unspecified atom stereocenters. The maximum absolute atomic E-state index is 13.2. The molecule has 8 aromatic rings. The van der Waals surface area contributed by atoms with Gasteiger partial charge in [-0.05, 0) is 74.2 Å². The number of ether oxygens (including phenoxy) is 1. The Labute approximate surface area is 448 Å². The molecule has 2 N–H and O–H groups in total. The number of rotatable bonds is 11. The number of alkyl halides is 12. The number of nitrogens with zero attached hydrogens (tertiary/aromatic N) is 7. The summed E-state index contributed by atoms with van der Waals surface area (Å²) in [5.41, 5.74) is 0.719. The van der Waals surface area contributed by atoms with E-state index < -0.39 is 62.0 Å². The lowest BCUT2D eigenvalue weighted by Crippen LogP contribution is -2.30. The largest absolute Gasteiger partial charge is 0.406 e. The van der Waals surface area contributed by atoms with Gasteiger partial charge in [0.1, 0.15) is 13.1 Å². The van der Waals surface area contributed by atoms with Crippen molar-refractivity contribution in [3.05, 3.63) is 126 Å². The Morgan fingerprint density at radius 2 is 1.05 bits per heavy atom. The van der Waals surface area contributed by atoms with Crippen LogP contribution in [-0.2, 0) is 44.1 Å². The lowest BCUT2D eigenvalue weighted by molar-refractivity contribution is -0.141. The molecule has 7 heterocycles. The summed E-state index contributed by atoms with van der Waals surface area (Å²) in [7, 11) is 4.67. The molecule has 1 saturated heterocycles. The number of benzene rings is 2. The van der Waals surface area contributed by atoms with Crippen molar-refractivity contribution in [2.75, 3.05) is 13.2 Å². The van der Waals surface area contributed by atoms with Gasteiger partial charge in [-0.25, -0.2) is 9.59 Å². The quantitative estimate of drug-likeness (QED) is 0.0980. The number of fused-ring (bicyclic) bond motifs is 4. The van der Waals surface area contributed by atoms with Crippen LogP contribution in [0.15, 0.2) is 82.9 Å². The van der Waals surface area contributed by atoms with Gasteiger partial charge >= 0.3 is 36.1 Å².